The van der Waals surface area contributed by atoms with E-state index in [9.17, 15) is 0 Å². The zero-order chi connectivity index (χ0) is 11.3. The number of hydrogen-bond acceptors (Lipinski definition) is 5. The lowest BCUT2D eigenvalue weighted by atomic mass is 10.4. The number of hydrogen-bond donors (Lipinski definition) is 2. The Kier molecular flexibility index (Phi) is 4.45. The number of rotatable bonds is 5. The monoisotopic (exact) mass is 209 g/mol. The Balaban J connectivity index is 2.71. The Hall–Kier alpha value is -1.20. The summed E-state index contributed by atoms with van der Waals surface area (Å²) in [6, 6.07) is 1.82. The molecule has 0 atom stereocenters. The Bertz CT molecular complexity index is 313. The van der Waals surface area contributed by atoms with E-state index in [0.29, 0.717) is 5.82 Å². The highest BCUT2D eigenvalue weighted by molar-refractivity contribution is 5.33. The molecule has 0 fully saturated rings. The van der Waals surface area contributed by atoms with Gasteiger partial charge in [-0.2, -0.15) is 0 Å². The summed E-state index contributed by atoms with van der Waals surface area (Å²) in [4.78, 5) is 10.8. The number of aryl methyl sites for hydroxylation is 1. The number of hydrazine groups is 1. The van der Waals surface area contributed by atoms with Crippen molar-refractivity contribution in [2.75, 3.05) is 19.0 Å². The van der Waals surface area contributed by atoms with Crippen LogP contribution in [0.25, 0.3) is 0 Å². The third-order valence-electron chi connectivity index (χ3n) is 2.07. The van der Waals surface area contributed by atoms with Gasteiger partial charge in [0.15, 0.2) is 0 Å². The van der Waals surface area contributed by atoms with Gasteiger partial charge in [0, 0.05) is 11.8 Å². The lowest BCUT2D eigenvalue weighted by Crippen LogP contribution is -2.21. The SMILES string of the molecule is CCCN(C)Cc1nc(C)cc(NN)n1. The van der Waals surface area contributed by atoms with E-state index in [-0.39, 0.29) is 0 Å². The summed E-state index contributed by atoms with van der Waals surface area (Å²) in [5, 5.41) is 0. The maximum Gasteiger partial charge on any atom is 0.144 e. The molecule has 1 aromatic rings. The highest BCUT2D eigenvalue weighted by Crippen LogP contribution is 2.06. The molecular formula is C10H19N5. The smallest absolute Gasteiger partial charge is 0.144 e. The van der Waals surface area contributed by atoms with Crippen LogP contribution < -0.4 is 11.3 Å². The number of nitrogens with two attached hydrogens (primary N) is 1. The Labute approximate surface area is 90.7 Å². The van der Waals surface area contributed by atoms with Gasteiger partial charge < -0.3 is 5.43 Å². The number of nitrogen functional groups attached to an aromatic ring is 1. The van der Waals surface area contributed by atoms with Crippen molar-refractivity contribution in [1.29, 1.82) is 0 Å². The maximum absolute atomic E-state index is 5.32. The molecule has 0 saturated heterocycles. The van der Waals surface area contributed by atoms with Crippen LogP contribution in [0.5, 0.6) is 0 Å². The molecule has 0 aromatic carbocycles. The van der Waals surface area contributed by atoms with Crippen LogP contribution in [-0.2, 0) is 6.54 Å². The van der Waals surface area contributed by atoms with E-state index in [4.69, 9.17) is 5.84 Å². The van der Waals surface area contributed by atoms with Crippen LogP contribution in [0.2, 0.25) is 0 Å². The minimum Gasteiger partial charge on any atom is -0.308 e. The van der Waals surface area contributed by atoms with Crippen LogP contribution in [0, 0.1) is 6.92 Å². The highest BCUT2D eigenvalue weighted by atomic mass is 15.3. The van der Waals surface area contributed by atoms with Crippen molar-refractivity contribution in [3.8, 4) is 0 Å². The molecule has 5 nitrogen and oxygen atoms in total. The van der Waals surface area contributed by atoms with Gasteiger partial charge in [-0.3, -0.25) is 4.90 Å². The quantitative estimate of drug-likeness (QED) is 0.557. The predicted octanol–water partition coefficient (Wildman–Crippen LogP) is 0.912. The molecule has 0 unspecified atom stereocenters. The van der Waals surface area contributed by atoms with Crippen LogP contribution in [0.1, 0.15) is 24.9 Å². The Morgan fingerprint density at radius 2 is 2.20 bits per heavy atom. The molecule has 84 valence electrons. The Morgan fingerprint density at radius 3 is 2.80 bits per heavy atom. The van der Waals surface area contributed by atoms with E-state index < -0.39 is 0 Å². The van der Waals surface area contributed by atoms with E-state index in [1.807, 2.05) is 13.0 Å². The molecule has 1 heterocycles. The molecule has 0 aliphatic carbocycles. The summed E-state index contributed by atoms with van der Waals surface area (Å²) in [5.74, 6) is 6.80. The van der Waals surface area contributed by atoms with Gasteiger partial charge in [-0.25, -0.2) is 15.8 Å². The molecule has 1 rings (SSSR count). The van der Waals surface area contributed by atoms with Crippen molar-refractivity contribution in [3.63, 3.8) is 0 Å². The van der Waals surface area contributed by atoms with Crippen molar-refractivity contribution >= 4 is 5.82 Å². The lowest BCUT2D eigenvalue weighted by Gasteiger charge is -2.14. The largest absolute Gasteiger partial charge is 0.308 e. The first-order valence-electron chi connectivity index (χ1n) is 5.15. The van der Waals surface area contributed by atoms with Gasteiger partial charge in [0.1, 0.15) is 11.6 Å². The number of nitrogens with zero attached hydrogens (tertiary/aromatic N) is 3. The molecule has 0 saturated carbocycles. The van der Waals surface area contributed by atoms with Gasteiger partial charge >= 0.3 is 0 Å². The first kappa shape index (κ1) is 11.9. The van der Waals surface area contributed by atoms with Crippen molar-refractivity contribution in [1.82, 2.24) is 14.9 Å². The fraction of sp³-hybridized carbons (Fsp3) is 0.600. The lowest BCUT2D eigenvalue weighted by molar-refractivity contribution is 0.319. The fourth-order valence-corrected chi connectivity index (χ4v) is 1.48. The summed E-state index contributed by atoms with van der Waals surface area (Å²) < 4.78 is 0. The average Bonchev–Trinajstić information content (AvgIpc) is 2.17. The van der Waals surface area contributed by atoms with Gasteiger partial charge in [-0.1, -0.05) is 6.92 Å². The first-order valence-corrected chi connectivity index (χ1v) is 5.15. The first-order chi connectivity index (χ1) is 7.15. The van der Waals surface area contributed by atoms with Gasteiger partial charge in [0.05, 0.1) is 6.54 Å². The van der Waals surface area contributed by atoms with E-state index in [2.05, 4.69) is 34.3 Å². The molecule has 0 aliphatic rings. The van der Waals surface area contributed by atoms with Gasteiger partial charge in [0.2, 0.25) is 0 Å². The van der Waals surface area contributed by atoms with Crippen LogP contribution in [0.3, 0.4) is 0 Å². The van der Waals surface area contributed by atoms with E-state index in [0.717, 1.165) is 31.0 Å². The highest BCUT2D eigenvalue weighted by Gasteiger charge is 2.04. The van der Waals surface area contributed by atoms with Gasteiger partial charge in [-0.05, 0) is 26.9 Å². The second-order valence-electron chi connectivity index (χ2n) is 3.69. The predicted molar refractivity (Wildman–Crippen MR) is 61.2 cm³/mol. The zero-order valence-electron chi connectivity index (χ0n) is 9.62. The van der Waals surface area contributed by atoms with E-state index >= 15 is 0 Å². The molecule has 0 amide bonds. The zero-order valence-corrected chi connectivity index (χ0v) is 9.62. The van der Waals surface area contributed by atoms with Crippen LogP contribution >= 0.6 is 0 Å². The summed E-state index contributed by atoms with van der Waals surface area (Å²) >= 11 is 0. The standard InChI is InChI=1S/C10H19N5/c1-4-5-15(3)7-10-12-8(2)6-9(13-10)14-11/h6H,4-5,7,11H2,1-3H3,(H,12,13,14). The second-order valence-corrected chi connectivity index (χ2v) is 3.69. The third-order valence-corrected chi connectivity index (χ3v) is 2.07. The molecule has 1 aromatic heterocycles. The summed E-state index contributed by atoms with van der Waals surface area (Å²) in [6.07, 6.45) is 1.13. The third kappa shape index (κ3) is 3.81. The van der Waals surface area contributed by atoms with Crippen molar-refractivity contribution in [2.45, 2.75) is 26.8 Å². The summed E-state index contributed by atoms with van der Waals surface area (Å²) in [5.41, 5.74) is 3.47. The fourth-order valence-electron chi connectivity index (χ4n) is 1.48. The van der Waals surface area contributed by atoms with E-state index in [1.165, 1.54) is 0 Å². The van der Waals surface area contributed by atoms with Crippen molar-refractivity contribution < 1.29 is 0 Å². The van der Waals surface area contributed by atoms with Crippen LogP contribution in [0.15, 0.2) is 6.07 Å². The molecule has 5 heteroatoms. The maximum atomic E-state index is 5.32. The van der Waals surface area contributed by atoms with Gasteiger partial charge in [0.25, 0.3) is 0 Å². The number of aromatic nitrogens is 2. The molecule has 0 bridgehead atoms. The molecule has 0 spiro atoms. The molecule has 3 N–H and O–H groups in total. The topological polar surface area (TPSA) is 67.1 Å². The number of anilines is 1. The van der Waals surface area contributed by atoms with Crippen LogP contribution in [-0.4, -0.2) is 28.5 Å². The molecular weight excluding hydrogens is 190 g/mol. The summed E-state index contributed by atoms with van der Waals surface area (Å²) in [6.45, 7) is 5.89. The van der Waals surface area contributed by atoms with Crippen LogP contribution in [0.4, 0.5) is 5.82 Å². The molecule has 0 aliphatic heterocycles. The molecule has 0 radical (unpaired) electrons. The van der Waals surface area contributed by atoms with Gasteiger partial charge in [-0.15, -0.1) is 0 Å². The average molecular weight is 209 g/mol. The minimum atomic E-state index is 0.669. The van der Waals surface area contributed by atoms with Crippen molar-refractivity contribution in [2.24, 2.45) is 5.84 Å². The Morgan fingerprint density at radius 1 is 1.47 bits per heavy atom. The molecule has 15 heavy (non-hydrogen) atoms. The second kappa shape index (κ2) is 5.63. The van der Waals surface area contributed by atoms with Crippen molar-refractivity contribution in [3.05, 3.63) is 17.6 Å². The number of nitrogens with one attached hydrogen (secondary N) is 1. The van der Waals surface area contributed by atoms with E-state index in [1.54, 1.807) is 0 Å². The summed E-state index contributed by atoms with van der Waals surface area (Å²) in [7, 11) is 2.06. The normalized spacial score (nSPS) is 10.7. The minimum absolute atomic E-state index is 0.669.